The van der Waals surface area contributed by atoms with Crippen molar-refractivity contribution in [3.8, 4) is 5.75 Å². The molecule has 0 atom stereocenters. The number of hydrogen-bond donors (Lipinski definition) is 1. The van der Waals surface area contributed by atoms with Crippen molar-refractivity contribution < 1.29 is 9.53 Å². The largest absolute Gasteiger partial charge is 0.492 e. The number of thioether (sulfide) groups is 1. The number of benzene rings is 2. The van der Waals surface area contributed by atoms with Crippen LogP contribution >= 0.6 is 46.6 Å². The molecule has 1 heterocycles. The Morgan fingerprint density at radius 1 is 1.16 bits per heavy atom. The minimum atomic E-state index is -0.175. The zero-order valence-electron chi connectivity index (χ0n) is 17.1. The highest BCUT2D eigenvalue weighted by Gasteiger charge is 2.14. The molecule has 1 aromatic heterocycles. The van der Waals surface area contributed by atoms with Crippen LogP contribution in [-0.4, -0.2) is 33.0 Å². The molecular formula is C22H21Cl3N4O2S. The van der Waals surface area contributed by atoms with Crippen molar-refractivity contribution in [2.75, 3.05) is 17.7 Å². The van der Waals surface area contributed by atoms with E-state index in [0.717, 1.165) is 5.82 Å². The highest BCUT2D eigenvalue weighted by atomic mass is 35.5. The Morgan fingerprint density at radius 3 is 2.72 bits per heavy atom. The molecular weight excluding hydrogens is 491 g/mol. The fraction of sp³-hybridized carbons (Fsp3) is 0.227. The summed E-state index contributed by atoms with van der Waals surface area (Å²) in [4.78, 5) is 12.3. The van der Waals surface area contributed by atoms with E-state index in [1.54, 1.807) is 42.5 Å². The summed E-state index contributed by atoms with van der Waals surface area (Å²) >= 11 is 19.4. The van der Waals surface area contributed by atoms with Gasteiger partial charge in [-0.15, -0.1) is 16.8 Å². The normalized spacial score (nSPS) is 10.7. The maximum Gasteiger partial charge on any atom is 0.234 e. The number of nitrogens with zero attached hydrogens (tertiary/aromatic N) is 3. The monoisotopic (exact) mass is 510 g/mol. The Bertz CT molecular complexity index is 1090. The number of hydrogen-bond acceptors (Lipinski definition) is 5. The molecule has 1 N–H and O–H groups in total. The first-order valence-corrected chi connectivity index (χ1v) is 11.9. The maximum absolute atomic E-state index is 12.3. The quantitative estimate of drug-likeness (QED) is 0.189. The Hall–Kier alpha value is -2.19. The van der Waals surface area contributed by atoms with E-state index in [2.05, 4.69) is 22.1 Å². The van der Waals surface area contributed by atoms with Crippen molar-refractivity contribution in [3.63, 3.8) is 0 Å². The van der Waals surface area contributed by atoms with E-state index in [-0.39, 0.29) is 11.7 Å². The van der Waals surface area contributed by atoms with Gasteiger partial charge in [0.2, 0.25) is 5.91 Å². The molecule has 0 unspecified atom stereocenters. The lowest BCUT2D eigenvalue weighted by molar-refractivity contribution is -0.113. The standard InChI is InChI=1S/C22H21Cl3N4O2S/c1-2-11-29-20(8-5-12-31-19-10-9-15(23)13-17(19)25)27-28-22(29)32-14-21(30)26-18-7-4-3-6-16(18)24/h2-4,6-7,9-10,13H,1,5,8,11-12,14H2,(H,26,30). The van der Waals surface area contributed by atoms with Crippen molar-refractivity contribution in [1.29, 1.82) is 0 Å². The van der Waals surface area contributed by atoms with Crippen LogP contribution in [0, 0.1) is 0 Å². The lowest BCUT2D eigenvalue weighted by atomic mass is 10.3. The zero-order chi connectivity index (χ0) is 22.9. The Kier molecular flexibility index (Phi) is 9.29. The fourth-order valence-corrected chi connectivity index (χ4v) is 4.22. The molecule has 0 saturated carbocycles. The highest BCUT2D eigenvalue weighted by Crippen LogP contribution is 2.28. The predicted octanol–water partition coefficient (Wildman–Crippen LogP) is 6.17. The first-order chi connectivity index (χ1) is 15.5. The van der Waals surface area contributed by atoms with Gasteiger partial charge in [0.25, 0.3) is 0 Å². The average molecular weight is 512 g/mol. The van der Waals surface area contributed by atoms with E-state index in [1.165, 1.54) is 11.8 Å². The summed E-state index contributed by atoms with van der Waals surface area (Å²) < 4.78 is 7.67. The molecule has 1 amide bonds. The lowest BCUT2D eigenvalue weighted by Gasteiger charge is -2.10. The molecule has 3 aromatic rings. The summed E-state index contributed by atoms with van der Waals surface area (Å²) in [6, 6.07) is 12.2. The minimum absolute atomic E-state index is 0.175. The fourth-order valence-electron chi connectivity index (χ4n) is 2.81. The van der Waals surface area contributed by atoms with Crippen molar-refractivity contribution >= 4 is 58.2 Å². The Balaban J connectivity index is 1.53. The van der Waals surface area contributed by atoms with Gasteiger partial charge in [0.15, 0.2) is 5.16 Å². The third-order valence-corrected chi connectivity index (χ3v) is 6.11. The van der Waals surface area contributed by atoms with Gasteiger partial charge in [0.05, 0.1) is 28.1 Å². The van der Waals surface area contributed by atoms with Gasteiger partial charge in [-0.1, -0.05) is 64.8 Å². The molecule has 10 heteroatoms. The van der Waals surface area contributed by atoms with E-state index in [9.17, 15) is 4.79 Å². The number of amides is 1. The molecule has 0 radical (unpaired) electrons. The van der Waals surface area contributed by atoms with Gasteiger partial charge in [-0.05, 0) is 36.8 Å². The number of allylic oxidation sites excluding steroid dienone is 1. The molecule has 0 bridgehead atoms. The molecule has 2 aromatic carbocycles. The summed E-state index contributed by atoms with van der Waals surface area (Å²) in [5.74, 6) is 1.39. The topological polar surface area (TPSA) is 69.0 Å². The number of para-hydroxylation sites is 1. The van der Waals surface area contributed by atoms with Gasteiger partial charge < -0.3 is 14.6 Å². The summed E-state index contributed by atoms with van der Waals surface area (Å²) in [7, 11) is 0. The Labute approximate surface area is 205 Å². The van der Waals surface area contributed by atoms with E-state index >= 15 is 0 Å². The maximum atomic E-state index is 12.3. The molecule has 0 aliphatic rings. The van der Waals surface area contributed by atoms with Crippen LogP contribution < -0.4 is 10.1 Å². The number of nitrogens with one attached hydrogen (secondary N) is 1. The van der Waals surface area contributed by atoms with Crippen LogP contribution in [0.3, 0.4) is 0 Å². The molecule has 6 nitrogen and oxygen atoms in total. The Morgan fingerprint density at radius 2 is 1.97 bits per heavy atom. The molecule has 168 valence electrons. The SMILES string of the molecule is C=CCn1c(CCCOc2ccc(Cl)cc2Cl)nnc1SCC(=O)Nc1ccccc1Cl. The van der Waals surface area contributed by atoms with Gasteiger partial charge in [-0.25, -0.2) is 0 Å². The third-order valence-electron chi connectivity index (χ3n) is 4.28. The van der Waals surface area contributed by atoms with Crippen LogP contribution in [0.25, 0.3) is 0 Å². The first-order valence-electron chi connectivity index (χ1n) is 9.76. The second kappa shape index (κ2) is 12.2. The summed E-state index contributed by atoms with van der Waals surface area (Å²) in [5, 5.41) is 13.5. The van der Waals surface area contributed by atoms with Gasteiger partial charge >= 0.3 is 0 Å². The molecule has 0 aliphatic carbocycles. The van der Waals surface area contributed by atoms with E-state index in [0.29, 0.717) is 57.7 Å². The van der Waals surface area contributed by atoms with Crippen molar-refractivity contribution in [2.45, 2.75) is 24.5 Å². The lowest BCUT2D eigenvalue weighted by Crippen LogP contribution is -2.15. The van der Waals surface area contributed by atoms with Crippen LogP contribution in [0.2, 0.25) is 15.1 Å². The number of aryl methyl sites for hydroxylation is 1. The number of halogens is 3. The van der Waals surface area contributed by atoms with Crippen LogP contribution in [0.15, 0.2) is 60.3 Å². The van der Waals surface area contributed by atoms with Gasteiger partial charge in [-0.2, -0.15) is 0 Å². The first kappa shape index (κ1) is 24.5. The van der Waals surface area contributed by atoms with Crippen molar-refractivity contribution in [1.82, 2.24) is 14.8 Å². The molecule has 3 rings (SSSR count). The van der Waals surface area contributed by atoms with Gasteiger partial charge in [0.1, 0.15) is 11.6 Å². The highest BCUT2D eigenvalue weighted by molar-refractivity contribution is 7.99. The average Bonchev–Trinajstić information content (AvgIpc) is 3.14. The van der Waals surface area contributed by atoms with Gasteiger partial charge in [-0.3, -0.25) is 4.79 Å². The van der Waals surface area contributed by atoms with Crippen molar-refractivity contribution in [3.05, 3.63) is 76.0 Å². The summed E-state index contributed by atoms with van der Waals surface area (Å²) in [5.41, 5.74) is 0.578. The van der Waals surface area contributed by atoms with E-state index in [1.807, 2.05) is 10.6 Å². The second-order valence-corrected chi connectivity index (χ2v) is 8.83. The number of carbonyl (C=O) groups is 1. The second-order valence-electron chi connectivity index (χ2n) is 6.64. The number of rotatable bonds is 11. The number of ether oxygens (including phenoxy) is 1. The number of anilines is 1. The summed E-state index contributed by atoms with van der Waals surface area (Å²) in [6.45, 7) is 4.81. The predicted molar refractivity (Wildman–Crippen MR) is 131 cm³/mol. The van der Waals surface area contributed by atoms with Gasteiger partial charge in [0, 0.05) is 18.0 Å². The van der Waals surface area contributed by atoms with E-state index < -0.39 is 0 Å². The molecule has 0 fully saturated rings. The number of aromatic nitrogens is 3. The molecule has 0 aliphatic heterocycles. The number of carbonyl (C=O) groups excluding carboxylic acids is 1. The van der Waals surface area contributed by atoms with Crippen LogP contribution in [0.4, 0.5) is 5.69 Å². The van der Waals surface area contributed by atoms with Crippen LogP contribution in [0.5, 0.6) is 5.75 Å². The molecule has 0 saturated heterocycles. The summed E-state index contributed by atoms with van der Waals surface area (Å²) in [6.07, 6.45) is 3.13. The van der Waals surface area contributed by atoms with E-state index in [4.69, 9.17) is 39.5 Å². The minimum Gasteiger partial charge on any atom is -0.492 e. The molecule has 32 heavy (non-hydrogen) atoms. The zero-order valence-corrected chi connectivity index (χ0v) is 20.1. The smallest absolute Gasteiger partial charge is 0.234 e. The van der Waals surface area contributed by atoms with Crippen molar-refractivity contribution in [2.24, 2.45) is 0 Å². The molecule has 0 spiro atoms. The van der Waals surface area contributed by atoms with Crippen LogP contribution in [0.1, 0.15) is 12.2 Å². The third kappa shape index (κ3) is 6.90. The van der Waals surface area contributed by atoms with Crippen LogP contribution in [-0.2, 0) is 17.8 Å².